The lowest BCUT2D eigenvalue weighted by molar-refractivity contribution is -0.127. The maximum absolute atomic E-state index is 12.0. The first-order chi connectivity index (χ1) is 9.95. The van der Waals surface area contributed by atoms with E-state index in [2.05, 4.69) is 30.5 Å². The zero-order valence-corrected chi connectivity index (χ0v) is 13.8. The molecule has 0 aromatic heterocycles. The predicted octanol–water partition coefficient (Wildman–Crippen LogP) is 2.61. The van der Waals surface area contributed by atoms with Gasteiger partial charge in [-0.15, -0.1) is 0 Å². The van der Waals surface area contributed by atoms with E-state index in [0.29, 0.717) is 12.5 Å². The first kappa shape index (κ1) is 17.5. The van der Waals surface area contributed by atoms with E-state index >= 15 is 0 Å². The van der Waals surface area contributed by atoms with E-state index < -0.39 is 6.10 Å². The van der Waals surface area contributed by atoms with Crippen LogP contribution in [0.15, 0.2) is 18.2 Å². The Morgan fingerprint density at radius 3 is 2.57 bits per heavy atom. The van der Waals surface area contributed by atoms with E-state index in [-0.39, 0.29) is 5.91 Å². The molecule has 0 aliphatic heterocycles. The summed E-state index contributed by atoms with van der Waals surface area (Å²) in [7, 11) is 0. The highest BCUT2D eigenvalue weighted by Gasteiger charge is 2.15. The second kappa shape index (κ2) is 8.67. The molecule has 0 saturated carbocycles. The van der Waals surface area contributed by atoms with E-state index in [1.54, 1.807) is 6.92 Å². The maximum Gasteiger partial charge on any atom is 0.260 e. The van der Waals surface area contributed by atoms with Crippen LogP contribution in [0, 0.1) is 6.92 Å². The molecule has 0 saturated heterocycles. The lowest BCUT2D eigenvalue weighted by atomic mass is 10.0. The van der Waals surface area contributed by atoms with E-state index in [1.807, 2.05) is 26.0 Å². The van der Waals surface area contributed by atoms with Gasteiger partial charge >= 0.3 is 0 Å². The van der Waals surface area contributed by atoms with Crippen molar-refractivity contribution in [2.75, 3.05) is 19.6 Å². The fourth-order valence-electron chi connectivity index (χ4n) is 1.94. The van der Waals surface area contributed by atoms with Crippen molar-refractivity contribution >= 4 is 5.91 Å². The molecule has 0 bridgehead atoms. The fraction of sp³-hybridized carbons (Fsp3) is 0.588. The summed E-state index contributed by atoms with van der Waals surface area (Å²) in [4.78, 5) is 12.0. The van der Waals surface area contributed by atoms with Crippen molar-refractivity contribution in [3.8, 4) is 5.75 Å². The van der Waals surface area contributed by atoms with Crippen LogP contribution in [0.1, 0.15) is 44.7 Å². The number of carbonyl (C=O) groups excluding carboxylic acids is 1. The number of carbonyl (C=O) groups is 1. The molecule has 0 heterocycles. The SMILES string of the molecule is CCNCCNC(=O)C(C)Oc1cc(C(C)C)ccc1C. The van der Waals surface area contributed by atoms with Crippen molar-refractivity contribution in [3.63, 3.8) is 0 Å². The van der Waals surface area contributed by atoms with Crippen molar-refractivity contribution in [1.29, 1.82) is 0 Å². The average molecular weight is 292 g/mol. The standard InChI is InChI=1S/C17H28N2O2/c1-6-18-9-10-19-17(20)14(5)21-16-11-15(12(2)3)8-7-13(16)4/h7-8,11-12,14,18H,6,9-10H2,1-5H3,(H,19,20). The number of amides is 1. The molecule has 1 atom stereocenters. The highest BCUT2D eigenvalue weighted by molar-refractivity contribution is 5.80. The van der Waals surface area contributed by atoms with Gasteiger partial charge < -0.3 is 15.4 Å². The minimum absolute atomic E-state index is 0.0812. The summed E-state index contributed by atoms with van der Waals surface area (Å²) in [6.07, 6.45) is -0.493. The Bertz CT molecular complexity index is 458. The molecule has 1 rings (SSSR count). The summed E-state index contributed by atoms with van der Waals surface area (Å²) in [5.41, 5.74) is 2.27. The number of aryl methyl sites for hydroxylation is 1. The number of likely N-dealkylation sites (N-methyl/N-ethyl adjacent to an activating group) is 1. The minimum Gasteiger partial charge on any atom is -0.481 e. The minimum atomic E-state index is -0.493. The van der Waals surface area contributed by atoms with Gasteiger partial charge in [0.15, 0.2) is 6.10 Å². The molecule has 118 valence electrons. The van der Waals surface area contributed by atoms with Crippen molar-refractivity contribution in [3.05, 3.63) is 29.3 Å². The van der Waals surface area contributed by atoms with Crippen LogP contribution in [0.3, 0.4) is 0 Å². The number of nitrogens with one attached hydrogen (secondary N) is 2. The molecule has 21 heavy (non-hydrogen) atoms. The summed E-state index contributed by atoms with van der Waals surface area (Å²) in [6, 6.07) is 6.18. The third-order valence-electron chi connectivity index (χ3n) is 3.40. The third kappa shape index (κ3) is 5.76. The Labute approximate surface area is 128 Å². The van der Waals surface area contributed by atoms with Crippen LogP contribution in [0.25, 0.3) is 0 Å². The summed E-state index contributed by atoms with van der Waals surface area (Å²) >= 11 is 0. The van der Waals surface area contributed by atoms with Crippen molar-refractivity contribution in [1.82, 2.24) is 10.6 Å². The van der Waals surface area contributed by atoms with E-state index in [4.69, 9.17) is 4.74 Å². The van der Waals surface area contributed by atoms with E-state index in [0.717, 1.165) is 24.4 Å². The van der Waals surface area contributed by atoms with Crippen LogP contribution in [-0.2, 0) is 4.79 Å². The second-order valence-electron chi connectivity index (χ2n) is 5.58. The van der Waals surface area contributed by atoms with Gasteiger partial charge in [-0.25, -0.2) is 0 Å². The molecule has 1 aromatic rings. The molecular formula is C17H28N2O2. The second-order valence-corrected chi connectivity index (χ2v) is 5.58. The Balaban J connectivity index is 2.59. The first-order valence-corrected chi connectivity index (χ1v) is 7.71. The van der Waals surface area contributed by atoms with Crippen molar-refractivity contribution in [2.45, 2.75) is 46.6 Å². The summed E-state index contributed by atoms with van der Waals surface area (Å²) in [5, 5.41) is 6.03. The highest BCUT2D eigenvalue weighted by Crippen LogP contribution is 2.25. The quantitative estimate of drug-likeness (QED) is 0.724. The van der Waals surface area contributed by atoms with E-state index in [1.165, 1.54) is 5.56 Å². The van der Waals surface area contributed by atoms with Crippen molar-refractivity contribution < 1.29 is 9.53 Å². The van der Waals surface area contributed by atoms with Gasteiger partial charge in [-0.05, 0) is 43.5 Å². The lowest BCUT2D eigenvalue weighted by Gasteiger charge is -2.18. The zero-order chi connectivity index (χ0) is 15.8. The largest absolute Gasteiger partial charge is 0.481 e. The molecule has 1 unspecified atom stereocenters. The number of hydrogen-bond donors (Lipinski definition) is 2. The number of rotatable bonds is 8. The monoisotopic (exact) mass is 292 g/mol. The normalized spacial score (nSPS) is 12.3. The summed E-state index contributed by atoms with van der Waals surface area (Å²) in [5.74, 6) is 1.15. The number of hydrogen-bond acceptors (Lipinski definition) is 3. The molecule has 0 aliphatic rings. The predicted molar refractivity (Wildman–Crippen MR) is 86.9 cm³/mol. The average Bonchev–Trinajstić information content (AvgIpc) is 2.45. The zero-order valence-electron chi connectivity index (χ0n) is 13.8. The van der Waals surface area contributed by atoms with Gasteiger partial charge in [0, 0.05) is 13.1 Å². The lowest BCUT2D eigenvalue weighted by Crippen LogP contribution is -2.39. The van der Waals surface area contributed by atoms with Gasteiger partial charge in [0.05, 0.1) is 0 Å². The van der Waals surface area contributed by atoms with Crippen LogP contribution >= 0.6 is 0 Å². The summed E-state index contributed by atoms with van der Waals surface area (Å²) in [6.45, 7) is 12.4. The van der Waals surface area contributed by atoms with Gasteiger partial charge in [0.1, 0.15) is 5.75 Å². The van der Waals surface area contributed by atoms with Gasteiger partial charge in [0.25, 0.3) is 5.91 Å². The number of ether oxygens (including phenoxy) is 1. The van der Waals surface area contributed by atoms with Crippen LogP contribution in [0.2, 0.25) is 0 Å². The first-order valence-electron chi connectivity index (χ1n) is 7.71. The smallest absolute Gasteiger partial charge is 0.260 e. The molecule has 0 fully saturated rings. The van der Waals surface area contributed by atoms with E-state index in [9.17, 15) is 4.79 Å². The van der Waals surface area contributed by atoms with Gasteiger partial charge in [-0.3, -0.25) is 4.79 Å². The highest BCUT2D eigenvalue weighted by atomic mass is 16.5. The molecule has 4 heteroatoms. The Morgan fingerprint density at radius 1 is 1.24 bits per heavy atom. The van der Waals surface area contributed by atoms with Gasteiger partial charge in [-0.1, -0.05) is 32.9 Å². The molecule has 1 amide bonds. The fourth-order valence-corrected chi connectivity index (χ4v) is 1.94. The molecule has 4 nitrogen and oxygen atoms in total. The molecule has 1 aromatic carbocycles. The van der Waals surface area contributed by atoms with Crippen LogP contribution in [0.5, 0.6) is 5.75 Å². The molecule has 2 N–H and O–H groups in total. The summed E-state index contributed by atoms with van der Waals surface area (Å²) < 4.78 is 5.82. The Kier molecular flexibility index (Phi) is 7.23. The van der Waals surface area contributed by atoms with Gasteiger partial charge in [-0.2, -0.15) is 0 Å². The maximum atomic E-state index is 12.0. The Morgan fingerprint density at radius 2 is 1.95 bits per heavy atom. The van der Waals surface area contributed by atoms with Gasteiger partial charge in [0.2, 0.25) is 0 Å². The third-order valence-corrected chi connectivity index (χ3v) is 3.40. The number of benzene rings is 1. The molecular weight excluding hydrogens is 264 g/mol. The topological polar surface area (TPSA) is 50.4 Å². The Hall–Kier alpha value is -1.55. The molecule has 0 spiro atoms. The van der Waals surface area contributed by atoms with Crippen molar-refractivity contribution in [2.24, 2.45) is 0 Å². The molecule has 0 aliphatic carbocycles. The van der Waals surface area contributed by atoms with Crippen LogP contribution in [-0.4, -0.2) is 31.6 Å². The molecule has 0 radical (unpaired) electrons. The van der Waals surface area contributed by atoms with Crippen LogP contribution < -0.4 is 15.4 Å². The van der Waals surface area contributed by atoms with Crippen LogP contribution in [0.4, 0.5) is 0 Å².